The Hall–Kier alpha value is -0.800. The van der Waals surface area contributed by atoms with E-state index in [1.165, 1.54) is 32.1 Å². The highest BCUT2D eigenvalue weighted by atomic mass is 35.5. The Labute approximate surface area is 132 Å². The Balaban J connectivity index is 1.89. The van der Waals surface area contributed by atoms with Crippen LogP contribution < -0.4 is 11.1 Å². The molecule has 0 amide bonds. The van der Waals surface area contributed by atoms with Gasteiger partial charge in [-0.15, -0.1) is 0 Å². The van der Waals surface area contributed by atoms with Crippen LogP contribution in [0.1, 0.15) is 44.6 Å². The second-order valence-corrected chi connectivity index (χ2v) is 6.78. The van der Waals surface area contributed by atoms with Gasteiger partial charge in [0.15, 0.2) is 0 Å². The van der Waals surface area contributed by atoms with Crippen molar-refractivity contribution >= 4 is 34.5 Å². The molecule has 2 atom stereocenters. The standard InChI is InChI=1S/C16H23ClN2S/c1-11-3-2-4-12(9-11)7-8-19-15-6-5-13(17)10-14(15)16(18)20/h5-6,10-12,19H,2-4,7-9H2,1H3,(H2,18,20). The van der Waals surface area contributed by atoms with Crippen LogP contribution in [-0.2, 0) is 0 Å². The summed E-state index contributed by atoms with van der Waals surface area (Å²) in [6.07, 6.45) is 6.72. The third-order valence-corrected chi connectivity index (χ3v) is 4.62. The Morgan fingerprint density at radius 1 is 1.45 bits per heavy atom. The number of hydrogen-bond donors (Lipinski definition) is 2. The van der Waals surface area contributed by atoms with Gasteiger partial charge in [-0.05, 0) is 42.9 Å². The Morgan fingerprint density at radius 3 is 2.95 bits per heavy atom. The molecular weight excluding hydrogens is 288 g/mol. The van der Waals surface area contributed by atoms with Gasteiger partial charge in [0.1, 0.15) is 4.99 Å². The van der Waals surface area contributed by atoms with E-state index < -0.39 is 0 Å². The molecule has 2 nitrogen and oxygen atoms in total. The monoisotopic (exact) mass is 310 g/mol. The van der Waals surface area contributed by atoms with Gasteiger partial charge in [-0.2, -0.15) is 0 Å². The van der Waals surface area contributed by atoms with Gasteiger partial charge in [0.25, 0.3) is 0 Å². The van der Waals surface area contributed by atoms with Crippen molar-refractivity contribution in [1.82, 2.24) is 0 Å². The lowest BCUT2D eigenvalue weighted by Crippen LogP contribution is -2.18. The fraction of sp³-hybridized carbons (Fsp3) is 0.562. The first-order valence-corrected chi connectivity index (χ1v) is 8.18. The number of rotatable bonds is 5. The molecule has 0 radical (unpaired) electrons. The van der Waals surface area contributed by atoms with E-state index in [1.54, 1.807) is 0 Å². The topological polar surface area (TPSA) is 38.0 Å². The second-order valence-electron chi connectivity index (χ2n) is 5.91. The second kappa shape index (κ2) is 7.28. The van der Waals surface area contributed by atoms with Crippen molar-refractivity contribution in [2.24, 2.45) is 17.6 Å². The highest BCUT2D eigenvalue weighted by Crippen LogP contribution is 2.30. The zero-order chi connectivity index (χ0) is 14.5. The van der Waals surface area contributed by atoms with Gasteiger partial charge in [-0.25, -0.2) is 0 Å². The van der Waals surface area contributed by atoms with Gasteiger partial charge >= 0.3 is 0 Å². The highest BCUT2D eigenvalue weighted by Gasteiger charge is 2.18. The van der Waals surface area contributed by atoms with Crippen molar-refractivity contribution < 1.29 is 0 Å². The molecule has 0 aliphatic heterocycles. The number of thiocarbonyl (C=S) groups is 1. The van der Waals surface area contributed by atoms with E-state index in [0.29, 0.717) is 10.0 Å². The minimum absolute atomic E-state index is 0.390. The number of hydrogen-bond acceptors (Lipinski definition) is 2. The van der Waals surface area contributed by atoms with Crippen molar-refractivity contribution in [3.8, 4) is 0 Å². The fourth-order valence-corrected chi connectivity index (χ4v) is 3.45. The molecule has 1 aromatic carbocycles. The van der Waals surface area contributed by atoms with E-state index in [4.69, 9.17) is 29.6 Å². The summed E-state index contributed by atoms with van der Waals surface area (Å²) in [6.45, 7) is 3.33. The summed E-state index contributed by atoms with van der Waals surface area (Å²) in [5.41, 5.74) is 7.58. The molecule has 0 spiro atoms. The van der Waals surface area contributed by atoms with Crippen LogP contribution in [0.5, 0.6) is 0 Å². The van der Waals surface area contributed by atoms with Gasteiger partial charge in [0, 0.05) is 22.8 Å². The first kappa shape index (κ1) is 15.6. The molecule has 110 valence electrons. The Bertz CT molecular complexity index is 476. The predicted molar refractivity (Wildman–Crippen MR) is 91.6 cm³/mol. The van der Waals surface area contributed by atoms with E-state index in [9.17, 15) is 0 Å². The normalized spacial score (nSPS) is 22.5. The van der Waals surface area contributed by atoms with Crippen molar-refractivity contribution in [2.45, 2.75) is 39.0 Å². The SMILES string of the molecule is CC1CCCC(CCNc2ccc(Cl)cc2C(N)=S)C1. The summed E-state index contributed by atoms with van der Waals surface area (Å²) >= 11 is 11.1. The molecule has 0 saturated heterocycles. The molecule has 1 saturated carbocycles. The maximum atomic E-state index is 5.99. The van der Waals surface area contributed by atoms with Crippen LogP contribution in [0.2, 0.25) is 5.02 Å². The van der Waals surface area contributed by atoms with Crippen molar-refractivity contribution in [2.75, 3.05) is 11.9 Å². The minimum atomic E-state index is 0.390. The van der Waals surface area contributed by atoms with E-state index >= 15 is 0 Å². The smallest absolute Gasteiger partial charge is 0.106 e. The molecule has 20 heavy (non-hydrogen) atoms. The van der Waals surface area contributed by atoms with Crippen LogP contribution in [-0.4, -0.2) is 11.5 Å². The number of halogens is 1. The largest absolute Gasteiger partial charge is 0.389 e. The van der Waals surface area contributed by atoms with E-state index in [0.717, 1.165) is 29.6 Å². The van der Waals surface area contributed by atoms with E-state index in [1.807, 2.05) is 18.2 Å². The zero-order valence-electron chi connectivity index (χ0n) is 12.0. The average molecular weight is 311 g/mol. The van der Waals surface area contributed by atoms with Crippen LogP contribution in [0.15, 0.2) is 18.2 Å². The molecule has 1 fully saturated rings. The molecule has 0 bridgehead atoms. The summed E-state index contributed by atoms with van der Waals surface area (Å²) in [7, 11) is 0. The van der Waals surface area contributed by atoms with E-state index in [-0.39, 0.29) is 0 Å². The van der Waals surface area contributed by atoms with Crippen LogP contribution in [0.4, 0.5) is 5.69 Å². The van der Waals surface area contributed by atoms with Crippen molar-refractivity contribution in [3.63, 3.8) is 0 Å². The lowest BCUT2D eigenvalue weighted by molar-refractivity contribution is 0.274. The Morgan fingerprint density at radius 2 is 2.25 bits per heavy atom. The third-order valence-electron chi connectivity index (χ3n) is 4.16. The lowest BCUT2D eigenvalue weighted by atomic mass is 9.81. The summed E-state index contributed by atoms with van der Waals surface area (Å²) in [4.78, 5) is 0.390. The molecule has 0 heterocycles. The third kappa shape index (κ3) is 4.35. The van der Waals surface area contributed by atoms with Gasteiger partial charge in [0.2, 0.25) is 0 Å². The van der Waals surface area contributed by atoms with Crippen molar-refractivity contribution in [3.05, 3.63) is 28.8 Å². The molecule has 0 aromatic heterocycles. The molecule has 2 rings (SSSR count). The molecule has 3 N–H and O–H groups in total. The number of nitrogens with one attached hydrogen (secondary N) is 1. The number of benzene rings is 1. The van der Waals surface area contributed by atoms with Gasteiger partial charge < -0.3 is 11.1 Å². The van der Waals surface area contributed by atoms with Crippen LogP contribution in [0.3, 0.4) is 0 Å². The van der Waals surface area contributed by atoms with Crippen molar-refractivity contribution in [1.29, 1.82) is 0 Å². The first-order chi connectivity index (χ1) is 9.56. The van der Waals surface area contributed by atoms with Gasteiger partial charge in [-0.1, -0.05) is 50.0 Å². The lowest BCUT2D eigenvalue weighted by Gasteiger charge is -2.27. The molecule has 1 aliphatic carbocycles. The summed E-state index contributed by atoms with van der Waals surface area (Å²) in [5.74, 6) is 1.74. The zero-order valence-corrected chi connectivity index (χ0v) is 13.6. The molecule has 1 aliphatic rings. The molecule has 2 unspecified atom stereocenters. The predicted octanol–water partition coefficient (Wildman–Crippen LogP) is 4.60. The Kier molecular flexibility index (Phi) is 5.67. The summed E-state index contributed by atoms with van der Waals surface area (Å²) in [5, 5.41) is 4.12. The number of anilines is 1. The molecule has 1 aromatic rings. The van der Waals surface area contributed by atoms with Gasteiger partial charge in [0.05, 0.1) is 0 Å². The van der Waals surface area contributed by atoms with Crippen LogP contribution >= 0.6 is 23.8 Å². The maximum Gasteiger partial charge on any atom is 0.106 e. The van der Waals surface area contributed by atoms with E-state index in [2.05, 4.69) is 12.2 Å². The average Bonchev–Trinajstić information content (AvgIpc) is 2.40. The highest BCUT2D eigenvalue weighted by molar-refractivity contribution is 7.80. The first-order valence-electron chi connectivity index (χ1n) is 7.39. The fourth-order valence-electron chi connectivity index (χ4n) is 3.11. The van der Waals surface area contributed by atoms with Crippen LogP contribution in [0, 0.1) is 11.8 Å². The summed E-state index contributed by atoms with van der Waals surface area (Å²) in [6, 6.07) is 5.66. The quantitative estimate of drug-likeness (QED) is 0.780. The molecular formula is C16H23ClN2S. The molecule has 4 heteroatoms. The summed E-state index contributed by atoms with van der Waals surface area (Å²) < 4.78 is 0. The number of nitrogens with two attached hydrogens (primary N) is 1. The maximum absolute atomic E-state index is 5.99. The minimum Gasteiger partial charge on any atom is -0.389 e. The van der Waals surface area contributed by atoms with Crippen LogP contribution in [0.25, 0.3) is 0 Å². The van der Waals surface area contributed by atoms with Gasteiger partial charge in [-0.3, -0.25) is 0 Å².